The van der Waals surface area contributed by atoms with Crippen molar-refractivity contribution in [2.75, 3.05) is 17.6 Å². The summed E-state index contributed by atoms with van der Waals surface area (Å²) in [4.78, 5) is 11.4. The van der Waals surface area contributed by atoms with Crippen LogP contribution in [0.15, 0.2) is 39.9 Å². The molecule has 1 aromatic carbocycles. The van der Waals surface area contributed by atoms with Crippen LogP contribution < -0.4 is 10.5 Å². The Balaban J connectivity index is 2.50. The highest BCUT2D eigenvalue weighted by Gasteiger charge is 2.23. The van der Waals surface area contributed by atoms with E-state index in [1.165, 1.54) is 36.6 Å². The third-order valence-corrected chi connectivity index (χ3v) is 4.58. The Bertz CT molecular complexity index is 724. The van der Waals surface area contributed by atoms with Crippen molar-refractivity contribution in [2.24, 2.45) is 0 Å². The van der Waals surface area contributed by atoms with Crippen LogP contribution >= 0.6 is 11.3 Å². The van der Waals surface area contributed by atoms with Gasteiger partial charge < -0.3 is 10.5 Å². The molecule has 0 saturated heterocycles. The van der Waals surface area contributed by atoms with E-state index in [9.17, 15) is 13.2 Å². The first-order valence-electron chi connectivity index (χ1n) is 5.47. The van der Waals surface area contributed by atoms with Crippen molar-refractivity contribution < 1.29 is 17.9 Å². The second kappa shape index (κ2) is 5.51. The zero-order chi connectivity index (χ0) is 14.8. The summed E-state index contributed by atoms with van der Waals surface area (Å²) in [5, 5.41) is 3.38. The highest BCUT2D eigenvalue weighted by atomic mass is 32.2. The predicted octanol–water partition coefficient (Wildman–Crippen LogP) is 1.92. The van der Waals surface area contributed by atoms with Crippen molar-refractivity contribution in [2.45, 2.75) is 4.90 Å². The van der Waals surface area contributed by atoms with Gasteiger partial charge in [-0.25, -0.2) is 13.2 Å². The zero-order valence-corrected chi connectivity index (χ0v) is 12.1. The Morgan fingerprint density at radius 3 is 2.70 bits per heavy atom. The summed E-state index contributed by atoms with van der Waals surface area (Å²) < 4.78 is 31.6. The van der Waals surface area contributed by atoms with Crippen molar-refractivity contribution in [3.05, 3.63) is 40.6 Å². The second-order valence-corrected chi connectivity index (χ2v) is 6.30. The second-order valence-electron chi connectivity index (χ2n) is 3.86. The van der Waals surface area contributed by atoms with E-state index >= 15 is 0 Å². The molecule has 0 radical (unpaired) electrons. The van der Waals surface area contributed by atoms with Crippen LogP contribution in [-0.4, -0.2) is 21.5 Å². The maximum absolute atomic E-state index is 12.3. The summed E-state index contributed by atoms with van der Waals surface area (Å²) in [6.45, 7) is 0. The number of anilines is 2. The van der Waals surface area contributed by atoms with Gasteiger partial charge in [0.15, 0.2) is 0 Å². The Morgan fingerprint density at radius 2 is 2.10 bits per heavy atom. The van der Waals surface area contributed by atoms with Crippen molar-refractivity contribution in [1.82, 2.24) is 0 Å². The van der Waals surface area contributed by atoms with Gasteiger partial charge in [-0.05, 0) is 29.6 Å². The normalized spacial score (nSPS) is 11.1. The van der Waals surface area contributed by atoms with Gasteiger partial charge in [0.2, 0.25) is 0 Å². The van der Waals surface area contributed by atoms with Gasteiger partial charge in [0, 0.05) is 11.1 Å². The number of hydrogen-bond donors (Lipinski definition) is 2. The average molecular weight is 312 g/mol. The van der Waals surface area contributed by atoms with Gasteiger partial charge in [-0.2, -0.15) is 11.3 Å². The number of nitrogen functional groups attached to an aromatic ring is 1. The van der Waals surface area contributed by atoms with Gasteiger partial charge in [-0.1, -0.05) is 0 Å². The topological polar surface area (TPSA) is 98.5 Å². The smallest absolute Gasteiger partial charge is 0.339 e. The maximum Gasteiger partial charge on any atom is 0.339 e. The minimum Gasteiger partial charge on any atom is -0.465 e. The molecule has 0 fully saturated rings. The molecule has 0 unspecified atom stereocenters. The number of sulfonamides is 1. The molecule has 20 heavy (non-hydrogen) atoms. The number of carbonyl (C=O) groups excluding carboxylic acids is 1. The van der Waals surface area contributed by atoms with Crippen LogP contribution in [0, 0.1) is 0 Å². The lowest BCUT2D eigenvalue weighted by atomic mass is 10.2. The first-order chi connectivity index (χ1) is 9.44. The lowest BCUT2D eigenvalue weighted by Crippen LogP contribution is -2.17. The maximum atomic E-state index is 12.3. The minimum absolute atomic E-state index is 0.0653. The number of nitrogens with one attached hydrogen (secondary N) is 1. The number of methoxy groups -OCH3 is 1. The van der Waals surface area contributed by atoms with Gasteiger partial charge in [-0.3, -0.25) is 4.72 Å². The van der Waals surface area contributed by atoms with E-state index in [4.69, 9.17) is 5.73 Å². The Morgan fingerprint density at radius 1 is 1.35 bits per heavy atom. The summed E-state index contributed by atoms with van der Waals surface area (Å²) in [5.41, 5.74) is 6.20. The Kier molecular flexibility index (Phi) is 3.96. The third kappa shape index (κ3) is 2.91. The standard InChI is InChI=1S/C12H12N2O4S2/c1-18-12(15)10-3-2-8(13)6-11(10)20(16,17)14-9-4-5-19-7-9/h2-7,14H,13H2,1H3. The lowest BCUT2D eigenvalue weighted by Gasteiger charge is -2.11. The van der Waals surface area contributed by atoms with E-state index in [0.29, 0.717) is 5.69 Å². The molecule has 0 saturated carbocycles. The zero-order valence-electron chi connectivity index (χ0n) is 10.5. The number of thiophene rings is 1. The summed E-state index contributed by atoms with van der Waals surface area (Å²) in [6, 6.07) is 5.60. The van der Waals surface area contributed by atoms with Gasteiger partial charge >= 0.3 is 5.97 Å². The molecule has 2 rings (SSSR count). The molecule has 0 aliphatic carbocycles. The van der Waals surface area contributed by atoms with Crippen LogP contribution in [0.4, 0.5) is 11.4 Å². The van der Waals surface area contributed by atoms with Crippen LogP contribution in [-0.2, 0) is 14.8 Å². The molecule has 0 atom stereocenters. The Hall–Kier alpha value is -2.06. The summed E-state index contributed by atoms with van der Waals surface area (Å²) >= 11 is 1.35. The molecule has 0 bridgehead atoms. The molecule has 0 spiro atoms. The summed E-state index contributed by atoms with van der Waals surface area (Å²) in [7, 11) is -2.73. The number of ether oxygens (including phenoxy) is 1. The number of rotatable bonds is 4. The third-order valence-electron chi connectivity index (χ3n) is 2.47. The molecule has 106 valence electrons. The minimum atomic E-state index is -3.92. The first kappa shape index (κ1) is 14.4. The van der Waals surface area contributed by atoms with E-state index in [0.717, 1.165) is 0 Å². The molecule has 8 heteroatoms. The lowest BCUT2D eigenvalue weighted by molar-refractivity contribution is 0.0596. The van der Waals surface area contributed by atoms with Crippen LogP contribution in [0.3, 0.4) is 0 Å². The van der Waals surface area contributed by atoms with Gasteiger partial charge in [0.1, 0.15) is 4.90 Å². The Labute approximate surface area is 120 Å². The number of carbonyl (C=O) groups is 1. The van der Waals surface area contributed by atoms with Crippen LogP contribution in [0.5, 0.6) is 0 Å². The van der Waals surface area contributed by atoms with Crippen molar-refractivity contribution in [3.63, 3.8) is 0 Å². The number of nitrogens with two attached hydrogens (primary N) is 1. The number of esters is 1. The summed E-state index contributed by atoms with van der Waals surface area (Å²) in [6.07, 6.45) is 0. The van der Waals surface area contributed by atoms with Gasteiger partial charge in [0.25, 0.3) is 10.0 Å². The highest BCUT2D eigenvalue weighted by molar-refractivity contribution is 7.92. The number of hydrogen-bond acceptors (Lipinski definition) is 6. The van der Waals surface area contributed by atoms with E-state index in [1.54, 1.807) is 16.8 Å². The molecular formula is C12H12N2O4S2. The van der Waals surface area contributed by atoms with E-state index in [-0.39, 0.29) is 16.1 Å². The van der Waals surface area contributed by atoms with E-state index < -0.39 is 16.0 Å². The largest absolute Gasteiger partial charge is 0.465 e. The molecule has 0 aliphatic heterocycles. The molecule has 6 nitrogen and oxygen atoms in total. The molecule has 2 aromatic rings. The van der Waals surface area contributed by atoms with Crippen molar-refractivity contribution in [1.29, 1.82) is 0 Å². The monoisotopic (exact) mass is 312 g/mol. The van der Waals surface area contributed by atoms with E-state index in [1.807, 2.05) is 0 Å². The molecule has 0 amide bonds. The van der Waals surface area contributed by atoms with Crippen LogP contribution in [0.2, 0.25) is 0 Å². The fourth-order valence-corrected chi connectivity index (χ4v) is 3.51. The molecule has 3 N–H and O–H groups in total. The number of benzene rings is 1. The molecule has 0 aliphatic rings. The quantitative estimate of drug-likeness (QED) is 0.664. The molecule has 1 heterocycles. The van der Waals surface area contributed by atoms with E-state index in [2.05, 4.69) is 9.46 Å². The first-order valence-corrected chi connectivity index (χ1v) is 7.89. The van der Waals surface area contributed by atoms with Gasteiger partial charge in [0.05, 0.1) is 18.4 Å². The fraction of sp³-hybridized carbons (Fsp3) is 0.0833. The summed E-state index contributed by atoms with van der Waals surface area (Å²) in [5.74, 6) is -0.740. The SMILES string of the molecule is COC(=O)c1ccc(N)cc1S(=O)(=O)Nc1ccsc1. The van der Waals surface area contributed by atoms with Crippen molar-refractivity contribution in [3.8, 4) is 0 Å². The van der Waals surface area contributed by atoms with Gasteiger partial charge in [-0.15, -0.1) is 0 Å². The highest BCUT2D eigenvalue weighted by Crippen LogP contribution is 2.23. The van der Waals surface area contributed by atoms with Crippen LogP contribution in [0.25, 0.3) is 0 Å². The molecule has 1 aromatic heterocycles. The van der Waals surface area contributed by atoms with Crippen molar-refractivity contribution >= 4 is 38.7 Å². The van der Waals surface area contributed by atoms with Crippen LogP contribution in [0.1, 0.15) is 10.4 Å². The predicted molar refractivity (Wildman–Crippen MR) is 77.3 cm³/mol. The fourth-order valence-electron chi connectivity index (χ4n) is 1.57. The molecular weight excluding hydrogens is 300 g/mol. The average Bonchev–Trinajstić information content (AvgIpc) is 2.90.